The van der Waals surface area contributed by atoms with Crippen LogP contribution in [-0.2, 0) is 11.3 Å². The lowest BCUT2D eigenvalue weighted by Gasteiger charge is -2.30. The molecule has 1 N–H and O–H groups in total. The predicted molar refractivity (Wildman–Crippen MR) is 77.2 cm³/mol. The van der Waals surface area contributed by atoms with Crippen molar-refractivity contribution >= 4 is 17.3 Å². The van der Waals surface area contributed by atoms with Crippen LogP contribution in [0.1, 0.15) is 11.1 Å². The average Bonchev–Trinajstić information content (AvgIpc) is 2.52. The topological polar surface area (TPSA) is 56.1 Å². The van der Waals surface area contributed by atoms with Crippen LogP contribution in [0.4, 0.5) is 20.2 Å². The zero-order chi connectivity index (χ0) is 15.7. The van der Waals surface area contributed by atoms with Gasteiger partial charge in [-0.25, -0.2) is 8.78 Å². The van der Waals surface area contributed by atoms with Gasteiger partial charge in [-0.05, 0) is 17.7 Å². The zero-order valence-electron chi connectivity index (χ0n) is 11.4. The lowest BCUT2D eigenvalue weighted by molar-refractivity contribution is -0.117. The second-order valence-electron chi connectivity index (χ2n) is 4.93. The Balaban J connectivity index is 1.99. The van der Waals surface area contributed by atoms with Gasteiger partial charge in [0.25, 0.3) is 0 Å². The summed E-state index contributed by atoms with van der Waals surface area (Å²) in [6.45, 7) is 0.199. The smallest absolute Gasteiger partial charge is 0.246 e. The molecule has 0 saturated heterocycles. The normalized spacial score (nSPS) is 13.3. The lowest BCUT2D eigenvalue weighted by Crippen LogP contribution is -2.39. The highest BCUT2D eigenvalue weighted by molar-refractivity contribution is 6.02. The van der Waals surface area contributed by atoms with Crippen molar-refractivity contribution in [2.24, 2.45) is 0 Å². The fraction of sp³-hybridized carbons (Fsp3) is 0.125. The number of carbonyl (C=O) groups is 1. The fourth-order valence-corrected chi connectivity index (χ4v) is 2.40. The first-order chi connectivity index (χ1) is 10.6. The SMILES string of the molecule is N#Cc1cccc(CN2C(=O)CNc3cc(F)c(F)cc32)c1. The molecule has 1 heterocycles. The summed E-state index contributed by atoms with van der Waals surface area (Å²) in [7, 11) is 0. The Morgan fingerprint density at radius 2 is 2.00 bits per heavy atom. The molecule has 0 atom stereocenters. The molecular weight excluding hydrogens is 288 g/mol. The molecule has 0 aromatic heterocycles. The molecule has 110 valence electrons. The van der Waals surface area contributed by atoms with Crippen LogP contribution in [0, 0.1) is 23.0 Å². The molecule has 0 spiro atoms. The number of nitriles is 1. The summed E-state index contributed by atoms with van der Waals surface area (Å²) in [5.74, 6) is -2.22. The Bertz CT molecular complexity index is 798. The van der Waals surface area contributed by atoms with E-state index >= 15 is 0 Å². The van der Waals surface area contributed by atoms with Crippen molar-refractivity contribution in [3.63, 3.8) is 0 Å². The number of hydrogen-bond acceptors (Lipinski definition) is 3. The number of benzene rings is 2. The molecule has 0 fully saturated rings. The molecule has 3 rings (SSSR count). The highest BCUT2D eigenvalue weighted by Crippen LogP contribution is 2.32. The largest absolute Gasteiger partial charge is 0.374 e. The summed E-state index contributed by atoms with van der Waals surface area (Å²) in [6, 6.07) is 10.9. The molecule has 0 unspecified atom stereocenters. The van der Waals surface area contributed by atoms with Gasteiger partial charge in [0.1, 0.15) is 0 Å². The molecule has 1 aliphatic heterocycles. The van der Waals surface area contributed by atoms with Crippen molar-refractivity contribution < 1.29 is 13.6 Å². The van der Waals surface area contributed by atoms with E-state index in [2.05, 4.69) is 5.32 Å². The zero-order valence-corrected chi connectivity index (χ0v) is 11.4. The summed E-state index contributed by atoms with van der Waals surface area (Å²) in [6.07, 6.45) is 0. The van der Waals surface area contributed by atoms with Gasteiger partial charge in [0, 0.05) is 12.1 Å². The number of nitrogens with zero attached hydrogens (tertiary/aromatic N) is 2. The molecule has 4 nitrogen and oxygen atoms in total. The van der Waals surface area contributed by atoms with Crippen LogP contribution in [0.25, 0.3) is 0 Å². The van der Waals surface area contributed by atoms with E-state index in [1.807, 2.05) is 6.07 Å². The van der Waals surface area contributed by atoms with Crippen molar-refractivity contribution in [2.75, 3.05) is 16.8 Å². The second kappa shape index (κ2) is 5.45. The maximum Gasteiger partial charge on any atom is 0.246 e. The van der Waals surface area contributed by atoms with Crippen molar-refractivity contribution in [2.45, 2.75) is 6.54 Å². The maximum atomic E-state index is 13.5. The summed E-state index contributed by atoms with van der Waals surface area (Å²) >= 11 is 0. The monoisotopic (exact) mass is 299 g/mol. The summed E-state index contributed by atoms with van der Waals surface area (Å²) in [5.41, 5.74) is 1.88. The van der Waals surface area contributed by atoms with Crippen molar-refractivity contribution in [1.82, 2.24) is 0 Å². The molecule has 0 bridgehead atoms. The van der Waals surface area contributed by atoms with Gasteiger partial charge in [0.05, 0.1) is 36.1 Å². The van der Waals surface area contributed by atoms with Crippen LogP contribution in [0.3, 0.4) is 0 Å². The third-order valence-electron chi connectivity index (χ3n) is 3.46. The van der Waals surface area contributed by atoms with Crippen molar-refractivity contribution in [3.05, 3.63) is 59.2 Å². The van der Waals surface area contributed by atoms with Gasteiger partial charge in [0.15, 0.2) is 11.6 Å². The summed E-state index contributed by atoms with van der Waals surface area (Å²) in [5, 5.41) is 11.7. The number of nitrogens with one attached hydrogen (secondary N) is 1. The first-order valence-electron chi connectivity index (χ1n) is 6.61. The predicted octanol–water partition coefficient (Wildman–Crippen LogP) is 2.80. The van der Waals surface area contributed by atoms with E-state index in [4.69, 9.17) is 5.26 Å². The minimum Gasteiger partial charge on any atom is -0.374 e. The first kappa shape index (κ1) is 14.0. The number of fused-ring (bicyclic) bond motifs is 1. The Morgan fingerprint density at radius 3 is 2.77 bits per heavy atom. The highest BCUT2D eigenvalue weighted by Gasteiger charge is 2.25. The molecule has 22 heavy (non-hydrogen) atoms. The Kier molecular flexibility index (Phi) is 3.47. The second-order valence-corrected chi connectivity index (χ2v) is 4.93. The molecular formula is C16H11F2N3O. The highest BCUT2D eigenvalue weighted by atomic mass is 19.2. The molecule has 2 aromatic carbocycles. The third-order valence-corrected chi connectivity index (χ3v) is 3.46. The van der Waals surface area contributed by atoms with Crippen LogP contribution in [0.2, 0.25) is 0 Å². The van der Waals surface area contributed by atoms with Crippen LogP contribution in [-0.4, -0.2) is 12.5 Å². The molecule has 2 aromatic rings. The van der Waals surface area contributed by atoms with Gasteiger partial charge in [-0.1, -0.05) is 12.1 Å². The van der Waals surface area contributed by atoms with E-state index in [0.29, 0.717) is 11.3 Å². The number of hydrogen-bond donors (Lipinski definition) is 1. The molecule has 0 radical (unpaired) electrons. The molecule has 1 aliphatic rings. The van der Waals surface area contributed by atoms with Crippen LogP contribution < -0.4 is 10.2 Å². The number of rotatable bonds is 2. The maximum absolute atomic E-state index is 13.5. The van der Waals surface area contributed by atoms with Crippen LogP contribution >= 0.6 is 0 Å². The molecule has 0 aliphatic carbocycles. The van der Waals surface area contributed by atoms with E-state index in [1.165, 1.54) is 4.90 Å². The molecule has 6 heteroatoms. The van der Waals surface area contributed by atoms with E-state index in [-0.39, 0.29) is 24.7 Å². The molecule has 1 amide bonds. The van der Waals surface area contributed by atoms with Gasteiger partial charge in [-0.2, -0.15) is 5.26 Å². The van der Waals surface area contributed by atoms with Gasteiger partial charge in [0.2, 0.25) is 5.91 Å². The standard InChI is InChI=1S/C16H11F2N3O/c17-12-5-14-15(6-13(12)18)21(16(22)8-20-14)9-11-3-1-2-10(4-11)7-19/h1-6,20H,8-9H2. The lowest BCUT2D eigenvalue weighted by atomic mass is 10.1. The Morgan fingerprint density at radius 1 is 1.23 bits per heavy atom. The van der Waals surface area contributed by atoms with E-state index in [1.54, 1.807) is 24.3 Å². The van der Waals surface area contributed by atoms with Crippen molar-refractivity contribution in [3.8, 4) is 6.07 Å². The average molecular weight is 299 g/mol. The minimum atomic E-state index is -1.01. The van der Waals surface area contributed by atoms with Gasteiger partial charge in [-0.3, -0.25) is 4.79 Å². The molecule has 0 saturated carbocycles. The fourth-order valence-electron chi connectivity index (χ4n) is 2.40. The van der Waals surface area contributed by atoms with Gasteiger partial charge >= 0.3 is 0 Å². The quantitative estimate of drug-likeness (QED) is 0.927. The third kappa shape index (κ3) is 2.49. The van der Waals surface area contributed by atoms with E-state index in [9.17, 15) is 13.6 Å². The first-order valence-corrected chi connectivity index (χ1v) is 6.61. The summed E-state index contributed by atoms with van der Waals surface area (Å²) in [4.78, 5) is 13.5. The summed E-state index contributed by atoms with van der Waals surface area (Å²) < 4.78 is 26.8. The van der Waals surface area contributed by atoms with Crippen molar-refractivity contribution in [1.29, 1.82) is 5.26 Å². The van der Waals surface area contributed by atoms with Gasteiger partial charge in [-0.15, -0.1) is 0 Å². The van der Waals surface area contributed by atoms with Gasteiger partial charge < -0.3 is 10.2 Å². The Labute approximate surface area is 125 Å². The van der Waals surface area contributed by atoms with Crippen LogP contribution in [0.5, 0.6) is 0 Å². The van der Waals surface area contributed by atoms with Crippen LogP contribution in [0.15, 0.2) is 36.4 Å². The number of anilines is 2. The Hall–Kier alpha value is -2.94. The number of carbonyl (C=O) groups excluding carboxylic acids is 1. The van der Waals surface area contributed by atoms with E-state index < -0.39 is 11.6 Å². The number of amides is 1. The number of halogens is 2. The minimum absolute atomic E-state index is 0.00993. The van der Waals surface area contributed by atoms with E-state index in [0.717, 1.165) is 17.7 Å².